The Morgan fingerprint density at radius 3 is 2.42 bits per heavy atom. The number of hydrogen-bond acceptors (Lipinski definition) is 5. The van der Waals surface area contributed by atoms with Gasteiger partial charge in [-0.2, -0.15) is 0 Å². The van der Waals surface area contributed by atoms with E-state index in [1.54, 1.807) is 60.5 Å². The third-order valence-electron chi connectivity index (χ3n) is 5.96. The number of ether oxygens (including phenoxy) is 1. The number of nitrogens with zero attached hydrogens (tertiary/aromatic N) is 1. The minimum Gasteiger partial charge on any atom is -0.376 e. The molecule has 0 aromatic heterocycles. The Morgan fingerprint density at radius 2 is 1.69 bits per heavy atom. The zero-order valence-electron chi connectivity index (χ0n) is 20.2. The average molecular weight is 487 g/mol. The molecule has 3 amide bonds. The van der Waals surface area contributed by atoms with E-state index in [1.807, 2.05) is 30.3 Å². The Bertz CT molecular complexity index is 1190. The fourth-order valence-electron chi connectivity index (χ4n) is 3.93. The van der Waals surface area contributed by atoms with Gasteiger partial charge in [0.1, 0.15) is 0 Å². The van der Waals surface area contributed by atoms with E-state index in [0.29, 0.717) is 29.0 Å². The normalized spacial score (nSPS) is 14.6. The fourth-order valence-corrected chi connectivity index (χ4v) is 3.93. The van der Waals surface area contributed by atoms with Crippen LogP contribution in [0.3, 0.4) is 0 Å². The van der Waals surface area contributed by atoms with E-state index in [1.165, 1.54) is 0 Å². The highest BCUT2D eigenvalue weighted by Crippen LogP contribution is 2.18. The van der Waals surface area contributed by atoms with Crippen LogP contribution in [0.2, 0.25) is 0 Å². The lowest BCUT2D eigenvalue weighted by Crippen LogP contribution is -2.31. The molecular weight excluding hydrogens is 456 g/mol. The largest absolute Gasteiger partial charge is 0.376 e. The summed E-state index contributed by atoms with van der Waals surface area (Å²) in [5, 5.41) is 8.75. The van der Waals surface area contributed by atoms with Crippen molar-refractivity contribution in [1.82, 2.24) is 5.32 Å². The smallest absolute Gasteiger partial charge is 0.258 e. The lowest BCUT2D eigenvalue weighted by Gasteiger charge is -2.17. The summed E-state index contributed by atoms with van der Waals surface area (Å²) in [5.41, 5.74) is 3.06. The van der Waals surface area contributed by atoms with Crippen molar-refractivity contribution in [1.29, 1.82) is 0 Å². The molecule has 1 heterocycles. The number of hydrogen-bond donors (Lipinski definition) is 3. The minimum atomic E-state index is -0.255. The molecule has 3 aromatic rings. The summed E-state index contributed by atoms with van der Waals surface area (Å²) in [6.07, 6.45) is 2.09. The summed E-state index contributed by atoms with van der Waals surface area (Å²) in [6, 6.07) is 23.1. The van der Waals surface area contributed by atoms with E-state index in [9.17, 15) is 14.4 Å². The third kappa shape index (κ3) is 6.70. The Hall–Kier alpha value is -4.17. The molecule has 0 saturated carbocycles. The van der Waals surface area contributed by atoms with E-state index in [0.717, 1.165) is 25.1 Å². The molecule has 1 fully saturated rings. The van der Waals surface area contributed by atoms with Crippen molar-refractivity contribution in [2.45, 2.75) is 18.9 Å². The topological polar surface area (TPSA) is 99.8 Å². The van der Waals surface area contributed by atoms with Gasteiger partial charge < -0.3 is 25.6 Å². The highest BCUT2D eigenvalue weighted by molar-refractivity contribution is 6.06. The van der Waals surface area contributed by atoms with Gasteiger partial charge >= 0.3 is 0 Å². The molecule has 1 aliphatic heterocycles. The molecule has 0 bridgehead atoms. The van der Waals surface area contributed by atoms with Crippen LogP contribution in [0.15, 0.2) is 78.9 Å². The number of amides is 3. The second kappa shape index (κ2) is 12.0. The van der Waals surface area contributed by atoms with Crippen LogP contribution in [0.1, 0.15) is 33.6 Å². The maximum Gasteiger partial charge on any atom is 0.258 e. The van der Waals surface area contributed by atoms with Crippen LogP contribution in [0.4, 0.5) is 17.1 Å². The van der Waals surface area contributed by atoms with Gasteiger partial charge in [-0.15, -0.1) is 0 Å². The van der Waals surface area contributed by atoms with Gasteiger partial charge in [-0.05, 0) is 67.4 Å². The van der Waals surface area contributed by atoms with E-state index in [4.69, 9.17) is 4.74 Å². The lowest BCUT2D eigenvalue weighted by atomic mass is 10.1. The molecule has 1 unspecified atom stereocenters. The predicted molar refractivity (Wildman–Crippen MR) is 140 cm³/mol. The number of carbonyl (C=O) groups is 3. The molecule has 186 valence electrons. The molecule has 0 radical (unpaired) electrons. The lowest BCUT2D eigenvalue weighted by molar-refractivity contribution is -0.114. The van der Waals surface area contributed by atoms with Gasteiger partial charge in [0.25, 0.3) is 11.8 Å². The first-order chi connectivity index (χ1) is 17.5. The Kier molecular flexibility index (Phi) is 8.31. The first-order valence-electron chi connectivity index (χ1n) is 12.0. The van der Waals surface area contributed by atoms with Gasteiger partial charge in [0.05, 0.1) is 12.6 Å². The van der Waals surface area contributed by atoms with Crippen LogP contribution in [0.25, 0.3) is 0 Å². The van der Waals surface area contributed by atoms with Gasteiger partial charge in [-0.1, -0.05) is 24.3 Å². The van der Waals surface area contributed by atoms with Crippen LogP contribution in [-0.2, 0) is 9.53 Å². The number of para-hydroxylation sites is 1. The zero-order chi connectivity index (χ0) is 25.3. The second-order valence-electron chi connectivity index (χ2n) is 8.60. The molecule has 1 atom stereocenters. The van der Waals surface area contributed by atoms with Crippen molar-refractivity contribution >= 4 is 34.8 Å². The summed E-state index contributed by atoms with van der Waals surface area (Å²) in [5.74, 6) is -0.577. The first-order valence-corrected chi connectivity index (χ1v) is 12.0. The molecule has 3 N–H and O–H groups in total. The second-order valence-corrected chi connectivity index (χ2v) is 8.60. The zero-order valence-corrected chi connectivity index (χ0v) is 20.2. The number of anilines is 3. The summed E-state index contributed by atoms with van der Waals surface area (Å²) in [6.45, 7) is 1.30. The van der Waals surface area contributed by atoms with Crippen molar-refractivity contribution < 1.29 is 19.1 Å². The molecule has 36 heavy (non-hydrogen) atoms. The van der Waals surface area contributed by atoms with Crippen molar-refractivity contribution in [2.24, 2.45) is 0 Å². The molecule has 0 spiro atoms. The SMILES string of the molecule is CN(C(=O)c1cccc(NC(=O)CNc2ccc(C(=O)NCC3CCCO3)cc2)c1)c1ccccc1. The predicted octanol–water partition coefficient (Wildman–Crippen LogP) is 3.92. The van der Waals surface area contributed by atoms with Crippen molar-refractivity contribution in [2.75, 3.05) is 42.3 Å². The monoisotopic (exact) mass is 486 g/mol. The van der Waals surface area contributed by atoms with Gasteiger partial charge in [0, 0.05) is 48.4 Å². The van der Waals surface area contributed by atoms with Crippen molar-refractivity contribution in [3.8, 4) is 0 Å². The van der Waals surface area contributed by atoms with E-state index in [-0.39, 0.29) is 30.4 Å². The molecule has 1 aliphatic rings. The maximum absolute atomic E-state index is 12.8. The van der Waals surface area contributed by atoms with Crippen molar-refractivity contribution in [3.63, 3.8) is 0 Å². The fraction of sp³-hybridized carbons (Fsp3) is 0.250. The Morgan fingerprint density at radius 1 is 0.917 bits per heavy atom. The quantitative estimate of drug-likeness (QED) is 0.426. The van der Waals surface area contributed by atoms with Gasteiger partial charge in [0.15, 0.2) is 0 Å². The van der Waals surface area contributed by atoms with Gasteiger partial charge in [-0.25, -0.2) is 0 Å². The van der Waals surface area contributed by atoms with Crippen LogP contribution in [0, 0.1) is 0 Å². The maximum atomic E-state index is 12.8. The summed E-state index contributed by atoms with van der Waals surface area (Å²) < 4.78 is 5.52. The molecule has 3 aromatic carbocycles. The number of carbonyl (C=O) groups excluding carboxylic acids is 3. The summed E-state index contributed by atoms with van der Waals surface area (Å²) in [7, 11) is 1.71. The highest BCUT2D eigenvalue weighted by atomic mass is 16.5. The summed E-state index contributed by atoms with van der Waals surface area (Å²) in [4.78, 5) is 39.2. The standard InChI is InChI=1S/C28H30N4O4/c1-32(24-9-3-2-4-10-24)28(35)21-7-5-8-23(17-21)31-26(33)19-29-22-14-12-20(13-15-22)27(34)30-18-25-11-6-16-36-25/h2-5,7-10,12-15,17,25,29H,6,11,16,18-19H2,1H3,(H,30,34)(H,31,33). The first kappa shape index (κ1) is 24.9. The minimum absolute atomic E-state index is 0.0344. The number of benzene rings is 3. The average Bonchev–Trinajstić information content (AvgIpc) is 3.44. The van der Waals surface area contributed by atoms with E-state index >= 15 is 0 Å². The third-order valence-corrected chi connectivity index (χ3v) is 5.96. The molecule has 4 rings (SSSR count). The number of nitrogens with one attached hydrogen (secondary N) is 3. The van der Waals surface area contributed by atoms with Crippen LogP contribution >= 0.6 is 0 Å². The molecule has 8 heteroatoms. The Balaban J connectivity index is 1.26. The van der Waals surface area contributed by atoms with Gasteiger partial charge in [-0.3, -0.25) is 14.4 Å². The van der Waals surface area contributed by atoms with Crippen LogP contribution < -0.4 is 20.9 Å². The molecule has 8 nitrogen and oxygen atoms in total. The molecule has 1 saturated heterocycles. The molecular formula is C28H30N4O4. The van der Waals surface area contributed by atoms with Crippen molar-refractivity contribution in [3.05, 3.63) is 90.0 Å². The number of rotatable bonds is 9. The summed E-state index contributed by atoms with van der Waals surface area (Å²) >= 11 is 0. The van der Waals surface area contributed by atoms with E-state index < -0.39 is 0 Å². The van der Waals surface area contributed by atoms with Gasteiger partial charge in [0.2, 0.25) is 5.91 Å². The van der Waals surface area contributed by atoms with Crippen LogP contribution in [-0.4, -0.2) is 50.6 Å². The van der Waals surface area contributed by atoms with Crippen LogP contribution in [0.5, 0.6) is 0 Å². The molecule has 0 aliphatic carbocycles. The Labute approximate surface area is 210 Å². The highest BCUT2D eigenvalue weighted by Gasteiger charge is 2.17. The van der Waals surface area contributed by atoms with E-state index in [2.05, 4.69) is 16.0 Å².